The quantitative estimate of drug-likeness (QED) is 0.184. The summed E-state index contributed by atoms with van der Waals surface area (Å²) in [5.74, 6) is -2.10. The van der Waals surface area contributed by atoms with E-state index in [2.05, 4.69) is 0 Å². The van der Waals surface area contributed by atoms with Gasteiger partial charge in [0.25, 0.3) is 0 Å². The second kappa shape index (κ2) is 9.14. The highest BCUT2D eigenvalue weighted by molar-refractivity contribution is 4.98. The van der Waals surface area contributed by atoms with Crippen molar-refractivity contribution in [3.8, 4) is 0 Å². The van der Waals surface area contributed by atoms with E-state index in [4.69, 9.17) is 24.1 Å². The van der Waals surface area contributed by atoms with Crippen LogP contribution in [0, 0.1) is 0 Å². The average molecular weight is 386 g/mol. The minimum atomic E-state index is -2.10. The first-order valence-electron chi connectivity index (χ1n) is 8.13. The lowest BCUT2D eigenvalue weighted by molar-refractivity contribution is -0.385. The third-order valence-electron chi connectivity index (χ3n) is 4.39. The van der Waals surface area contributed by atoms with Gasteiger partial charge in [-0.2, -0.15) is 0 Å². The third-order valence-corrected chi connectivity index (χ3v) is 4.39. The summed E-state index contributed by atoms with van der Waals surface area (Å²) in [4.78, 5) is 0. The summed E-state index contributed by atoms with van der Waals surface area (Å²) in [5, 5.41) is 77.3. The van der Waals surface area contributed by atoms with Crippen LogP contribution in [0.5, 0.6) is 0 Å². The predicted octanol–water partition coefficient (Wildman–Crippen LogP) is -5.38. The lowest BCUT2D eigenvalue weighted by atomic mass is 9.99. The Balaban J connectivity index is 2.20. The van der Waals surface area contributed by atoms with E-state index in [9.17, 15) is 35.7 Å². The van der Waals surface area contributed by atoms with Crippen molar-refractivity contribution in [3.63, 3.8) is 0 Å². The second-order valence-corrected chi connectivity index (χ2v) is 6.18. The first-order valence-corrected chi connectivity index (χ1v) is 8.13. The van der Waals surface area contributed by atoms with Crippen molar-refractivity contribution in [2.75, 3.05) is 33.0 Å². The Bertz CT molecular complexity index is 436. The Morgan fingerprint density at radius 3 is 2.00 bits per heavy atom. The maximum atomic E-state index is 10.3. The minimum Gasteiger partial charge on any atom is -0.394 e. The van der Waals surface area contributed by atoms with Gasteiger partial charge in [0.2, 0.25) is 5.79 Å². The van der Waals surface area contributed by atoms with Crippen LogP contribution < -0.4 is 0 Å². The molecule has 0 aromatic carbocycles. The predicted molar refractivity (Wildman–Crippen MR) is 79.5 cm³/mol. The smallest absolute Gasteiger partial charge is 0.224 e. The standard InChI is InChI=1S/C14H26O12/c15-1-2-23-5-14(12(22)9(19)7(4-17)25-14)26-13-11(21)10(20)8(18)6(3-16)24-13/h6-13,15-22H,1-5H2/t6-,7-,8-,9-,10+,11-,12+,13-,14+/m1/s1. The molecule has 0 radical (unpaired) electrons. The van der Waals surface area contributed by atoms with Gasteiger partial charge in [-0.1, -0.05) is 0 Å². The van der Waals surface area contributed by atoms with Crippen molar-refractivity contribution >= 4 is 0 Å². The molecular weight excluding hydrogens is 360 g/mol. The maximum Gasteiger partial charge on any atom is 0.224 e. The van der Waals surface area contributed by atoms with Crippen LogP contribution in [0.4, 0.5) is 0 Å². The van der Waals surface area contributed by atoms with Crippen molar-refractivity contribution in [2.24, 2.45) is 0 Å². The highest BCUT2D eigenvalue weighted by atomic mass is 16.8. The second-order valence-electron chi connectivity index (χ2n) is 6.18. The SMILES string of the molecule is OCCOC[C@@]1(O[C@H]2O[C@H](CO)[C@@H](O)[C@H](O)[C@H]2O)O[C@H](CO)[C@@H](O)[C@@H]1O. The van der Waals surface area contributed by atoms with Crippen molar-refractivity contribution in [3.05, 3.63) is 0 Å². The van der Waals surface area contributed by atoms with Crippen LogP contribution in [0.25, 0.3) is 0 Å². The zero-order valence-electron chi connectivity index (χ0n) is 13.9. The van der Waals surface area contributed by atoms with Crippen molar-refractivity contribution in [2.45, 2.75) is 54.8 Å². The Morgan fingerprint density at radius 1 is 0.808 bits per heavy atom. The topological polar surface area (TPSA) is 199 Å². The summed E-state index contributed by atoms with van der Waals surface area (Å²) in [7, 11) is 0. The van der Waals surface area contributed by atoms with Crippen LogP contribution in [0.1, 0.15) is 0 Å². The molecule has 8 N–H and O–H groups in total. The lowest BCUT2D eigenvalue weighted by Gasteiger charge is -2.43. The molecule has 2 fully saturated rings. The van der Waals surface area contributed by atoms with E-state index in [1.165, 1.54) is 0 Å². The molecule has 2 heterocycles. The van der Waals surface area contributed by atoms with Gasteiger partial charge in [0.15, 0.2) is 6.29 Å². The molecule has 0 amide bonds. The zero-order chi connectivity index (χ0) is 19.5. The Kier molecular flexibility index (Phi) is 7.67. The highest BCUT2D eigenvalue weighted by Crippen LogP contribution is 2.36. The third kappa shape index (κ3) is 4.16. The summed E-state index contributed by atoms with van der Waals surface area (Å²) < 4.78 is 21.1. The number of hydrogen-bond donors (Lipinski definition) is 8. The Hall–Kier alpha value is -0.480. The molecule has 0 aliphatic carbocycles. The molecule has 12 heteroatoms. The maximum absolute atomic E-state index is 10.3. The van der Waals surface area contributed by atoms with E-state index in [0.717, 1.165) is 0 Å². The number of ether oxygens (including phenoxy) is 4. The van der Waals surface area contributed by atoms with Crippen LogP contribution in [-0.4, -0.2) is 129 Å². The molecule has 9 atom stereocenters. The van der Waals surface area contributed by atoms with Crippen molar-refractivity contribution in [1.82, 2.24) is 0 Å². The van der Waals surface area contributed by atoms with Crippen LogP contribution in [0.3, 0.4) is 0 Å². The molecule has 0 unspecified atom stereocenters. The minimum absolute atomic E-state index is 0.157. The normalized spacial score (nSPS) is 46.6. The summed E-state index contributed by atoms with van der Waals surface area (Å²) in [5.41, 5.74) is 0. The van der Waals surface area contributed by atoms with Gasteiger partial charge in [-0.25, -0.2) is 0 Å². The van der Waals surface area contributed by atoms with Crippen molar-refractivity contribution in [1.29, 1.82) is 0 Å². The number of hydrogen-bond acceptors (Lipinski definition) is 12. The van der Waals surface area contributed by atoms with Gasteiger partial charge in [-0.15, -0.1) is 0 Å². The largest absolute Gasteiger partial charge is 0.394 e. The van der Waals surface area contributed by atoms with Crippen LogP contribution in [0.15, 0.2) is 0 Å². The molecule has 0 aromatic heterocycles. The van der Waals surface area contributed by atoms with E-state index < -0.39 is 74.6 Å². The molecule has 0 aromatic rings. The zero-order valence-corrected chi connectivity index (χ0v) is 13.9. The number of rotatable bonds is 8. The Labute approximate surface area is 148 Å². The first-order chi connectivity index (χ1) is 12.3. The molecule has 12 nitrogen and oxygen atoms in total. The fourth-order valence-corrected chi connectivity index (χ4v) is 2.90. The van der Waals surface area contributed by atoms with Crippen molar-refractivity contribution < 1.29 is 59.8 Å². The van der Waals surface area contributed by atoms with Gasteiger partial charge >= 0.3 is 0 Å². The number of aliphatic hydroxyl groups excluding tert-OH is 8. The van der Waals surface area contributed by atoms with E-state index in [1.807, 2.05) is 0 Å². The number of aliphatic hydroxyl groups is 8. The van der Waals surface area contributed by atoms with E-state index >= 15 is 0 Å². The van der Waals surface area contributed by atoms with Gasteiger partial charge in [0.1, 0.15) is 49.3 Å². The van der Waals surface area contributed by atoms with E-state index in [-0.39, 0.29) is 13.2 Å². The molecule has 26 heavy (non-hydrogen) atoms. The van der Waals surface area contributed by atoms with Gasteiger partial charge in [-0.3, -0.25) is 0 Å². The molecule has 0 bridgehead atoms. The lowest BCUT2D eigenvalue weighted by Crippen LogP contribution is -2.62. The fraction of sp³-hybridized carbons (Fsp3) is 1.00. The molecule has 2 rings (SSSR count). The van der Waals surface area contributed by atoms with Gasteiger partial charge < -0.3 is 59.8 Å². The molecular formula is C14H26O12. The van der Waals surface area contributed by atoms with Crippen LogP contribution in [0.2, 0.25) is 0 Å². The first kappa shape index (κ1) is 21.8. The monoisotopic (exact) mass is 386 g/mol. The molecule has 2 aliphatic heterocycles. The van der Waals surface area contributed by atoms with Crippen LogP contribution in [-0.2, 0) is 18.9 Å². The Morgan fingerprint density at radius 2 is 1.46 bits per heavy atom. The van der Waals surface area contributed by atoms with Crippen LogP contribution >= 0.6 is 0 Å². The summed E-state index contributed by atoms with van der Waals surface area (Å²) in [6, 6.07) is 0. The van der Waals surface area contributed by atoms with Gasteiger partial charge in [0.05, 0.1) is 26.4 Å². The average Bonchev–Trinajstić information content (AvgIpc) is 2.87. The molecule has 2 aliphatic rings. The summed E-state index contributed by atoms with van der Waals surface area (Å²) in [6.45, 7) is -2.37. The summed E-state index contributed by atoms with van der Waals surface area (Å²) >= 11 is 0. The fourth-order valence-electron chi connectivity index (χ4n) is 2.90. The molecule has 154 valence electrons. The van der Waals surface area contributed by atoms with E-state index in [0.29, 0.717) is 0 Å². The highest BCUT2D eigenvalue weighted by Gasteiger charge is 2.58. The molecule has 2 saturated heterocycles. The summed E-state index contributed by atoms with van der Waals surface area (Å²) in [6.07, 6.45) is -12.5. The van der Waals surface area contributed by atoms with E-state index in [1.54, 1.807) is 0 Å². The molecule has 0 saturated carbocycles. The van der Waals surface area contributed by atoms with Gasteiger partial charge in [0, 0.05) is 0 Å². The van der Waals surface area contributed by atoms with Gasteiger partial charge in [-0.05, 0) is 0 Å². The molecule has 0 spiro atoms.